The number of anilines is 1. The van der Waals surface area contributed by atoms with Gasteiger partial charge in [-0.15, -0.1) is 11.3 Å². The summed E-state index contributed by atoms with van der Waals surface area (Å²) in [4.78, 5) is 13.7. The molecule has 2 aromatic heterocycles. The van der Waals surface area contributed by atoms with Crippen molar-refractivity contribution in [3.63, 3.8) is 0 Å². The van der Waals surface area contributed by atoms with E-state index in [1.165, 1.54) is 16.1 Å². The Bertz CT molecular complexity index is 1160. The fourth-order valence-corrected chi connectivity index (χ4v) is 4.58. The summed E-state index contributed by atoms with van der Waals surface area (Å²) >= 11 is 7.87. The number of nitrogens with one attached hydrogen (secondary N) is 2. The average molecular weight is 424 g/mol. The third-order valence-corrected chi connectivity index (χ3v) is 6.29. The normalized spacial score (nSPS) is 11.0. The average Bonchev–Trinajstić information content (AvgIpc) is 3.34. The summed E-state index contributed by atoms with van der Waals surface area (Å²) in [6.45, 7) is 5.38. The predicted octanol–water partition coefficient (Wildman–Crippen LogP) is 6.67. The van der Waals surface area contributed by atoms with E-state index in [4.69, 9.17) is 11.6 Å². The van der Waals surface area contributed by atoms with Crippen molar-refractivity contribution in [1.29, 1.82) is 0 Å². The smallest absolute Gasteiger partial charge is 0.319 e. The summed E-state index contributed by atoms with van der Waals surface area (Å²) < 4.78 is 2.32. The van der Waals surface area contributed by atoms with E-state index in [0.29, 0.717) is 17.3 Å². The van der Waals surface area contributed by atoms with E-state index < -0.39 is 0 Å². The number of hydrogen-bond donors (Lipinski definition) is 2. The van der Waals surface area contributed by atoms with E-state index in [9.17, 15) is 4.79 Å². The van der Waals surface area contributed by atoms with Gasteiger partial charge in [-0.25, -0.2) is 4.79 Å². The molecule has 6 heteroatoms. The van der Waals surface area contributed by atoms with Crippen LogP contribution in [0.5, 0.6) is 0 Å². The van der Waals surface area contributed by atoms with Crippen molar-refractivity contribution in [3.05, 3.63) is 76.1 Å². The molecule has 0 aliphatic carbocycles. The van der Waals surface area contributed by atoms with Gasteiger partial charge in [0.2, 0.25) is 0 Å². The highest BCUT2D eigenvalue weighted by atomic mass is 35.5. The first-order chi connectivity index (χ1) is 14.1. The lowest BCUT2D eigenvalue weighted by atomic mass is 10.1. The second-order valence-corrected chi connectivity index (χ2v) is 8.19. The second kappa shape index (κ2) is 8.31. The number of fused-ring (bicyclic) bond motifs is 1. The quantitative estimate of drug-likeness (QED) is 0.369. The van der Waals surface area contributed by atoms with Gasteiger partial charge in [0.1, 0.15) is 0 Å². The zero-order valence-electron chi connectivity index (χ0n) is 16.3. The van der Waals surface area contributed by atoms with Crippen LogP contribution in [0.2, 0.25) is 5.02 Å². The van der Waals surface area contributed by atoms with Crippen LogP contribution in [0.3, 0.4) is 0 Å². The molecule has 148 valence electrons. The number of aryl methyl sites for hydroxylation is 2. The number of benzene rings is 2. The molecule has 2 aromatic carbocycles. The van der Waals surface area contributed by atoms with Gasteiger partial charge in [0, 0.05) is 40.3 Å². The largest absolute Gasteiger partial charge is 0.340 e. The number of para-hydroxylation sites is 1. The third kappa shape index (κ3) is 3.88. The van der Waals surface area contributed by atoms with Crippen LogP contribution in [0.25, 0.3) is 21.5 Å². The van der Waals surface area contributed by atoms with E-state index >= 15 is 0 Å². The number of aromatic nitrogens is 1. The molecule has 4 rings (SSSR count). The van der Waals surface area contributed by atoms with Crippen molar-refractivity contribution in [2.75, 3.05) is 5.32 Å². The Kier molecular flexibility index (Phi) is 5.60. The summed E-state index contributed by atoms with van der Waals surface area (Å²) in [6.07, 6.45) is 0. The van der Waals surface area contributed by atoms with E-state index in [-0.39, 0.29) is 6.03 Å². The van der Waals surface area contributed by atoms with E-state index in [2.05, 4.69) is 57.8 Å². The van der Waals surface area contributed by atoms with Crippen LogP contribution in [-0.2, 0) is 13.1 Å². The highest BCUT2D eigenvalue weighted by Crippen LogP contribution is 2.36. The van der Waals surface area contributed by atoms with Gasteiger partial charge in [-0.05, 0) is 49.1 Å². The molecule has 0 unspecified atom stereocenters. The zero-order chi connectivity index (χ0) is 20.4. The molecule has 0 atom stereocenters. The summed E-state index contributed by atoms with van der Waals surface area (Å²) in [6, 6.07) is 17.8. The minimum Gasteiger partial charge on any atom is -0.340 e. The lowest BCUT2D eigenvalue weighted by Gasteiger charge is -2.11. The fourth-order valence-electron chi connectivity index (χ4n) is 3.59. The first-order valence-electron chi connectivity index (χ1n) is 9.53. The SMILES string of the molecule is CCn1c(-c2cccs2)c(CNC(=O)Nc2ccc(C)c(Cl)c2)c2ccccc21. The van der Waals surface area contributed by atoms with Crippen LogP contribution in [0, 0.1) is 6.92 Å². The second-order valence-electron chi connectivity index (χ2n) is 6.84. The van der Waals surface area contributed by atoms with Crippen molar-refractivity contribution in [3.8, 4) is 10.6 Å². The minimum absolute atomic E-state index is 0.254. The highest BCUT2D eigenvalue weighted by Gasteiger charge is 2.18. The number of nitrogens with zero attached hydrogens (tertiary/aromatic N) is 1. The van der Waals surface area contributed by atoms with Crippen LogP contribution in [0.1, 0.15) is 18.1 Å². The maximum atomic E-state index is 12.5. The molecule has 0 radical (unpaired) electrons. The third-order valence-electron chi connectivity index (χ3n) is 5.00. The molecule has 0 spiro atoms. The van der Waals surface area contributed by atoms with Crippen LogP contribution in [0.4, 0.5) is 10.5 Å². The minimum atomic E-state index is -0.254. The lowest BCUT2D eigenvalue weighted by molar-refractivity contribution is 0.252. The fraction of sp³-hybridized carbons (Fsp3) is 0.174. The molecule has 2 amide bonds. The van der Waals surface area contributed by atoms with Crippen molar-refractivity contribution < 1.29 is 4.79 Å². The standard InChI is InChI=1S/C23H22ClN3OS/c1-3-27-20-8-5-4-7-17(20)18(22(27)21-9-6-12-29-21)14-25-23(28)26-16-11-10-15(2)19(24)13-16/h4-13H,3,14H2,1-2H3,(H2,25,26,28). The Morgan fingerprint density at radius 1 is 1.14 bits per heavy atom. The Balaban J connectivity index is 1.63. The molecule has 0 saturated carbocycles. The molecule has 0 bridgehead atoms. The van der Waals surface area contributed by atoms with Gasteiger partial charge in [-0.3, -0.25) is 0 Å². The number of urea groups is 1. The first kappa shape index (κ1) is 19.6. The molecule has 4 aromatic rings. The molecule has 0 fully saturated rings. The highest BCUT2D eigenvalue weighted by molar-refractivity contribution is 7.13. The van der Waals surface area contributed by atoms with Crippen molar-refractivity contribution >= 4 is 45.6 Å². The monoisotopic (exact) mass is 423 g/mol. The van der Waals surface area contributed by atoms with Crippen LogP contribution >= 0.6 is 22.9 Å². The Morgan fingerprint density at radius 2 is 1.97 bits per heavy atom. The zero-order valence-corrected chi connectivity index (χ0v) is 17.9. The predicted molar refractivity (Wildman–Crippen MR) is 123 cm³/mol. The molecule has 0 saturated heterocycles. The maximum Gasteiger partial charge on any atom is 0.319 e. The topological polar surface area (TPSA) is 46.1 Å². The maximum absolute atomic E-state index is 12.5. The number of rotatable bonds is 5. The van der Waals surface area contributed by atoms with Crippen molar-refractivity contribution in [1.82, 2.24) is 9.88 Å². The van der Waals surface area contributed by atoms with Crippen LogP contribution in [-0.4, -0.2) is 10.6 Å². The number of thiophene rings is 1. The van der Waals surface area contributed by atoms with Gasteiger partial charge in [-0.1, -0.05) is 41.9 Å². The lowest BCUT2D eigenvalue weighted by Crippen LogP contribution is -2.28. The summed E-state index contributed by atoms with van der Waals surface area (Å²) in [5, 5.41) is 9.75. The number of carbonyl (C=O) groups is 1. The number of amides is 2. The molecular weight excluding hydrogens is 402 g/mol. The van der Waals surface area contributed by atoms with Gasteiger partial charge >= 0.3 is 6.03 Å². The molecular formula is C23H22ClN3OS. The Morgan fingerprint density at radius 3 is 2.69 bits per heavy atom. The van der Waals surface area contributed by atoms with E-state index in [1.54, 1.807) is 17.4 Å². The Labute approximate surface area is 179 Å². The van der Waals surface area contributed by atoms with E-state index in [1.807, 2.05) is 25.1 Å². The van der Waals surface area contributed by atoms with Crippen molar-refractivity contribution in [2.45, 2.75) is 26.9 Å². The van der Waals surface area contributed by atoms with Crippen molar-refractivity contribution in [2.24, 2.45) is 0 Å². The van der Waals surface area contributed by atoms with E-state index in [0.717, 1.165) is 23.1 Å². The summed E-state index contributed by atoms with van der Waals surface area (Å²) in [5.41, 5.74) is 5.13. The summed E-state index contributed by atoms with van der Waals surface area (Å²) in [7, 11) is 0. The number of carbonyl (C=O) groups excluding carboxylic acids is 1. The van der Waals surface area contributed by atoms with Gasteiger partial charge in [-0.2, -0.15) is 0 Å². The molecule has 4 nitrogen and oxygen atoms in total. The molecule has 2 heterocycles. The molecule has 29 heavy (non-hydrogen) atoms. The number of hydrogen-bond acceptors (Lipinski definition) is 2. The Hall–Kier alpha value is -2.76. The van der Waals surface area contributed by atoms with Crippen LogP contribution < -0.4 is 10.6 Å². The molecule has 0 aliphatic heterocycles. The van der Waals surface area contributed by atoms with Gasteiger partial charge < -0.3 is 15.2 Å². The molecule has 2 N–H and O–H groups in total. The van der Waals surface area contributed by atoms with Gasteiger partial charge in [0.15, 0.2) is 0 Å². The number of halogens is 1. The summed E-state index contributed by atoms with van der Waals surface area (Å²) in [5.74, 6) is 0. The molecule has 0 aliphatic rings. The van der Waals surface area contributed by atoms with Gasteiger partial charge in [0.25, 0.3) is 0 Å². The van der Waals surface area contributed by atoms with Gasteiger partial charge in [0.05, 0.1) is 10.6 Å². The first-order valence-corrected chi connectivity index (χ1v) is 10.8. The van der Waals surface area contributed by atoms with Crippen LogP contribution in [0.15, 0.2) is 60.0 Å².